The molecule has 0 saturated carbocycles. The molecule has 1 N–H and O–H groups in total. The van der Waals surface area contributed by atoms with Crippen molar-refractivity contribution >= 4 is 28.6 Å². The number of carbonyl (C=O) groups excluding carboxylic acids is 1. The topological polar surface area (TPSA) is 66.8 Å². The number of thioether (sulfide) groups is 1. The molecule has 0 aliphatic carbocycles. The minimum atomic E-state index is 0.0368. The highest BCUT2D eigenvalue weighted by Crippen LogP contribution is 2.29. The summed E-state index contributed by atoms with van der Waals surface area (Å²) in [7, 11) is 3.50. The van der Waals surface area contributed by atoms with Crippen LogP contribution in [0, 0.1) is 0 Å². The molecule has 1 amide bonds. The van der Waals surface area contributed by atoms with Gasteiger partial charge in [0.25, 0.3) is 0 Å². The van der Waals surface area contributed by atoms with E-state index in [4.69, 9.17) is 0 Å². The Labute approximate surface area is 161 Å². The van der Waals surface area contributed by atoms with E-state index in [1.165, 1.54) is 11.8 Å². The van der Waals surface area contributed by atoms with Crippen LogP contribution in [0.3, 0.4) is 0 Å². The maximum atomic E-state index is 12.0. The fourth-order valence-corrected chi connectivity index (χ4v) is 3.73. The molecule has 2 aromatic carbocycles. The van der Waals surface area contributed by atoms with Crippen LogP contribution >= 0.6 is 11.8 Å². The minimum Gasteiger partial charge on any atom is -0.352 e. The molecule has 27 heavy (non-hydrogen) atoms. The largest absolute Gasteiger partial charge is 0.352 e. The Balaban J connectivity index is 1.78. The summed E-state index contributed by atoms with van der Waals surface area (Å²) in [5.41, 5.74) is 2.89. The number of aromatic amines is 1. The highest BCUT2D eigenvalue weighted by atomic mass is 32.2. The molecule has 6 nitrogen and oxygen atoms in total. The third-order valence-electron chi connectivity index (χ3n) is 4.24. The summed E-state index contributed by atoms with van der Waals surface area (Å²) in [6.45, 7) is 0. The highest BCUT2D eigenvalue weighted by Gasteiger charge is 2.19. The van der Waals surface area contributed by atoms with Gasteiger partial charge in [-0.15, -0.1) is 10.2 Å². The number of aromatic nitrogens is 4. The van der Waals surface area contributed by atoms with Gasteiger partial charge in [0.15, 0.2) is 11.0 Å². The molecule has 0 spiro atoms. The number of hydrogen-bond acceptors (Lipinski definition) is 4. The van der Waals surface area contributed by atoms with Gasteiger partial charge in [-0.2, -0.15) is 0 Å². The molecule has 0 atom stereocenters. The summed E-state index contributed by atoms with van der Waals surface area (Å²) in [5, 5.41) is 10.6. The minimum absolute atomic E-state index is 0.0368. The lowest BCUT2D eigenvalue weighted by molar-refractivity contribution is -0.125. The van der Waals surface area contributed by atoms with E-state index < -0.39 is 0 Å². The molecule has 7 heteroatoms. The number of fused-ring (bicyclic) bond motifs is 1. The summed E-state index contributed by atoms with van der Waals surface area (Å²) in [6, 6.07) is 20.1. The fourth-order valence-electron chi connectivity index (χ4n) is 2.80. The SMILES string of the molecule is CN(C)C(=O)CSc1nnc(-c2cc3ccccc3[nH]2)n1-c1ccccc1. The first kappa shape index (κ1) is 17.4. The summed E-state index contributed by atoms with van der Waals surface area (Å²) < 4.78 is 1.98. The number of hydrogen-bond donors (Lipinski definition) is 1. The van der Waals surface area contributed by atoms with Crippen molar-refractivity contribution in [2.75, 3.05) is 19.8 Å². The second kappa shape index (κ2) is 7.28. The Morgan fingerprint density at radius 1 is 1.07 bits per heavy atom. The first-order valence-corrected chi connectivity index (χ1v) is 9.54. The number of amides is 1. The molecule has 4 aromatic rings. The lowest BCUT2D eigenvalue weighted by Crippen LogP contribution is -2.23. The smallest absolute Gasteiger partial charge is 0.232 e. The molecule has 0 saturated heterocycles. The molecule has 0 unspecified atom stereocenters. The van der Waals surface area contributed by atoms with Crippen LogP contribution in [0.25, 0.3) is 28.1 Å². The van der Waals surface area contributed by atoms with Gasteiger partial charge in [0.05, 0.1) is 11.4 Å². The van der Waals surface area contributed by atoms with Crippen LogP contribution < -0.4 is 0 Å². The zero-order valence-electron chi connectivity index (χ0n) is 15.1. The highest BCUT2D eigenvalue weighted by molar-refractivity contribution is 7.99. The number of para-hydroxylation sites is 2. The zero-order valence-corrected chi connectivity index (χ0v) is 15.9. The van der Waals surface area contributed by atoms with E-state index in [1.807, 2.05) is 53.1 Å². The van der Waals surface area contributed by atoms with Crippen molar-refractivity contribution < 1.29 is 4.79 Å². The Morgan fingerprint density at radius 2 is 1.81 bits per heavy atom. The van der Waals surface area contributed by atoms with Crippen LogP contribution in [-0.2, 0) is 4.79 Å². The number of benzene rings is 2. The van der Waals surface area contributed by atoms with E-state index in [9.17, 15) is 4.79 Å². The molecule has 0 aliphatic heterocycles. The Bertz CT molecular complexity index is 1050. The van der Waals surface area contributed by atoms with Crippen molar-refractivity contribution in [3.63, 3.8) is 0 Å². The van der Waals surface area contributed by atoms with Crippen molar-refractivity contribution in [1.82, 2.24) is 24.6 Å². The van der Waals surface area contributed by atoms with Crippen LogP contribution in [0.2, 0.25) is 0 Å². The maximum absolute atomic E-state index is 12.0. The molecule has 2 aromatic heterocycles. The lowest BCUT2D eigenvalue weighted by Gasteiger charge is -2.11. The summed E-state index contributed by atoms with van der Waals surface area (Å²) in [4.78, 5) is 17.0. The monoisotopic (exact) mass is 377 g/mol. The third-order valence-corrected chi connectivity index (χ3v) is 5.16. The van der Waals surface area contributed by atoms with E-state index in [0.717, 1.165) is 28.1 Å². The van der Waals surface area contributed by atoms with E-state index in [1.54, 1.807) is 19.0 Å². The van der Waals surface area contributed by atoms with Gasteiger partial charge in [-0.3, -0.25) is 9.36 Å². The van der Waals surface area contributed by atoms with Crippen molar-refractivity contribution in [3.8, 4) is 17.2 Å². The molecular formula is C20H19N5OS. The lowest BCUT2D eigenvalue weighted by atomic mass is 10.2. The van der Waals surface area contributed by atoms with Gasteiger partial charge in [0, 0.05) is 30.7 Å². The quantitative estimate of drug-likeness (QED) is 0.540. The number of nitrogens with one attached hydrogen (secondary N) is 1. The van der Waals surface area contributed by atoms with Gasteiger partial charge >= 0.3 is 0 Å². The average molecular weight is 377 g/mol. The van der Waals surface area contributed by atoms with Crippen LogP contribution in [0.4, 0.5) is 0 Å². The fraction of sp³-hybridized carbons (Fsp3) is 0.150. The van der Waals surface area contributed by atoms with Crippen LogP contribution in [0.1, 0.15) is 0 Å². The van der Waals surface area contributed by atoms with Gasteiger partial charge in [0.1, 0.15) is 0 Å². The van der Waals surface area contributed by atoms with Gasteiger partial charge in [-0.1, -0.05) is 48.2 Å². The molecule has 136 valence electrons. The molecule has 0 radical (unpaired) electrons. The number of carbonyl (C=O) groups is 1. The summed E-state index contributed by atoms with van der Waals surface area (Å²) in [6.07, 6.45) is 0. The molecular weight excluding hydrogens is 358 g/mol. The molecule has 4 rings (SSSR count). The standard InChI is InChI=1S/C20H19N5OS/c1-24(2)18(26)13-27-20-23-22-19(25(20)15-9-4-3-5-10-15)17-12-14-8-6-7-11-16(14)21-17/h3-12,21H,13H2,1-2H3. The molecule has 0 aliphatic rings. The Kier molecular flexibility index (Phi) is 4.68. The molecule has 0 bridgehead atoms. The van der Waals surface area contributed by atoms with Crippen LogP contribution in [-0.4, -0.2) is 50.4 Å². The van der Waals surface area contributed by atoms with Gasteiger partial charge in [-0.25, -0.2) is 0 Å². The summed E-state index contributed by atoms with van der Waals surface area (Å²) >= 11 is 1.38. The van der Waals surface area contributed by atoms with E-state index in [-0.39, 0.29) is 5.91 Å². The predicted octanol–water partition coefficient (Wildman–Crippen LogP) is 3.60. The number of nitrogens with zero attached hydrogens (tertiary/aromatic N) is 4. The number of H-pyrrole nitrogens is 1. The maximum Gasteiger partial charge on any atom is 0.232 e. The average Bonchev–Trinajstić information content (AvgIpc) is 3.30. The van der Waals surface area contributed by atoms with Crippen LogP contribution in [0.5, 0.6) is 0 Å². The first-order chi connectivity index (χ1) is 13.1. The second-order valence-corrected chi connectivity index (χ2v) is 7.27. The van der Waals surface area contributed by atoms with Crippen molar-refractivity contribution in [2.24, 2.45) is 0 Å². The molecule has 0 fully saturated rings. The van der Waals surface area contributed by atoms with Crippen molar-refractivity contribution in [2.45, 2.75) is 5.16 Å². The second-order valence-electron chi connectivity index (χ2n) is 6.32. The molecule has 2 heterocycles. The zero-order chi connectivity index (χ0) is 18.8. The summed E-state index contributed by atoms with van der Waals surface area (Å²) in [5.74, 6) is 1.07. The van der Waals surface area contributed by atoms with E-state index in [0.29, 0.717) is 10.9 Å². The normalized spacial score (nSPS) is 11.0. The van der Waals surface area contributed by atoms with Crippen molar-refractivity contribution in [3.05, 3.63) is 60.7 Å². The van der Waals surface area contributed by atoms with Crippen molar-refractivity contribution in [1.29, 1.82) is 0 Å². The predicted molar refractivity (Wildman–Crippen MR) is 108 cm³/mol. The van der Waals surface area contributed by atoms with Gasteiger partial charge in [0.2, 0.25) is 5.91 Å². The Hall–Kier alpha value is -3.06. The van der Waals surface area contributed by atoms with Crippen LogP contribution in [0.15, 0.2) is 65.8 Å². The Morgan fingerprint density at radius 3 is 2.56 bits per heavy atom. The van der Waals surface area contributed by atoms with Gasteiger partial charge in [-0.05, 0) is 24.3 Å². The van der Waals surface area contributed by atoms with Gasteiger partial charge < -0.3 is 9.88 Å². The number of rotatable bonds is 5. The first-order valence-electron chi connectivity index (χ1n) is 8.55. The van der Waals surface area contributed by atoms with E-state index >= 15 is 0 Å². The third kappa shape index (κ3) is 3.46. The van der Waals surface area contributed by atoms with E-state index in [2.05, 4.69) is 27.3 Å².